The molecule has 0 bridgehead atoms. The Kier molecular flexibility index (Phi) is 3.97. The van der Waals surface area contributed by atoms with Gasteiger partial charge in [0.2, 0.25) is 0 Å². The first-order valence-corrected chi connectivity index (χ1v) is 6.46. The van der Waals surface area contributed by atoms with Gasteiger partial charge < -0.3 is 0 Å². The number of hydrazine groups is 1. The molecule has 92 valence electrons. The van der Waals surface area contributed by atoms with Crippen molar-refractivity contribution < 1.29 is 0 Å². The molecule has 1 fully saturated rings. The molecular formula is C15H22N2. The molecule has 0 saturated heterocycles. The van der Waals surface area contributed by atoms with Crippen LogP contribution in [0.3, 0.4) is 0 Å². The molecule has 1 aliphatic rings. The van der Waals surface area contributed by atoms with E-state index in [9.17, 15) is 0 Å². The molecule has 0 spiro atoms. The van der Waals surface area contributed by atoms with Gasteiger partial charge in [0, 0.05) is 11.5 Å². The Morgan fingerprint density at radius 1 is 1.29 bits per heavy atom. The standard InChI is InChI=1S/C15H22N2/c1-2-8-14(17-16)15(11-6-7-12-15)13-9-4-3-5-10-13/h2-5,9-10,14,17H,1,6-8,11-12,16H2. The molecule has 0 heterocycles. The Bertz CT molecular complexity index is 352. The van der Waals surface area contributed by atoms with Crippen LogP contribution in [0.1, 0.15) is 37.7 Å². The van der Waals surface area contributed by atoms with Crippen molar-refractivity contribution in [2.24, 2.45) is 5.84 Å². The summed E-state index contributed by atoms with van der Waals surface area (Å²) in [6.45, 7) is 3.85. The molecule has 2 heteroatoms. The van der Waals surface area contributed by atoms with Gasteiger partial charge in [-0.05, 0) is 24.8 Å². The number of nitrogens with two attached hydrogens (primary N) is 1. The molecule has 0 aromatic heterocycles. The van der Waals surface area contributed by atoms with E-state index in [2.05, 4.69) is 42.3 Å². The molecule has 1 atom stereocenters. The van der Waals surface area contributed by atoms with Gasteiger partial charge in [0.1, 0.15) is 0 Å². The van der Waals surface area contributed by atoms with Gasteiger partial charge in [-0.15, -0.1) is 6.58 Å². The summed E-state index contributed by atoms with van der Waals surface area (Å²) in [5.74, 6) is 5.76. The Hall–Kier alpha value is -1.12. The number of hydrogen-bond acceptors (Lipinski definition) is 2. The summed E-state index contributed by atoms with van der Waals surface area (Å²) in [5.41, 5.74) is 4.63. The van der Waals surface area contributed by atoms with E-state index in [4.69, 9.17) is 5.84 Å². The number of nitrogens with one attached hydrogen (secondary N) is 1. The summed E-state index contributed by atoms with van der Waals surface area (Å²) < 4.78 is 0. The summed E-state index contributed by atoms with van der Waals surface area (Å²) in [6.07, 6.45) is 7.92. The fraction of sp³-hybridized carbons (Fsp3) is 0.467. The van der Waals surface area contributed by atoms with Crippen LogP contribution in [0.5, 0.6) is 0 Å². The van der Waals surface area contributed by atoms with Crippen LogP contribution in [0, 0.1) is 0 Å². The lowest BCUT2D eigenvalue weighted by Gasteiger charge is -2.37. The van der Waals surface area contributed by atoms with Crippen molar-refractivity contribution in [1.29, 1.82) is 0 Å². The maximum absolute atomic E-state index is 5.76. The summed E-state index contributed by atoms with van der Waals surface area (Å²) in [5, 5.41) is 0. The molecule has 2 nitrogen and oxygen atoms in total. The molecule has 1 aromatic carbocycles. The number of benzene rings is 1. The third kappa shape index (κ3) is 2.28. The highest BCUT2D eigenvalue weighted by atomic mass is 15.2. The lowest BCUT2D eigenvalue weighted by Crippen LogP contribution is -2.49. The van der Waals surface area contributed by atoms with E-state index < -0.39 is 0 Å². The Labute approximate surface area is 104 Å². The lowest BCUT2D eigenvalue weighted by atomic mass is 9.72. The summed E-state index contributed by atoms with van der Waals surface area (Å²) >= 11 is 0. The van der Waals surface area contributed by atoms with Crippen molar-refractivity contribution in [3.8, 4) is 0 Å². The second-order valence-corrected chi connectivity index (χ2v) is 4.97. The molecule has 1 aliphatic carbocycles. The average molecular weight is 230 g/mol. The van der Waals surface area contributed by atoms with Crippen molar-refractivity contribution >= 4 is 0 Å². The molecule has 1 saturated carbocycles. The topological polar surface area (TPSA) is 38.0 Å². The number of hydrogen-bond donors (Lipinski definition) is 2. The second-order valence-electron chi connectivity index (χ2n) is 4.97. The number of rotatable bonds is 5. The lowest BCUT2D eigenvalue weighted by molar-refractivity contribution is 0.299. The molecule has 17 heavy (non-hydrogen) atoms. The zero-order valence-corrected chi connectivity index (χ0v) is 10.4. The molecule has 0 radical (unpaired) electrons. The Morgan fingerprint density at radius 2 is 1.94 bits per heavy atom. The van der Waals surface area contributed by atoms with Crippen LogP contribution in [-0.4, -0.2) is 6.04 Å². The van der Waals surface area contributed by atoms with Gasteiger partial charge >= 0.3 is 0 Å². The average Bonchev–Trinajstić information content (AvgIpc) is 2.87. The van der Waals surface area contributed by atoms with Gasteiger partial charge in [-0.2, -0.15) is 0 Å². The summed E-state index contributed by atoms with van der Waals surface area (Å²) in [4.78, 5) is 0. The SMILES string of the molecule is C=CCC(NN)C1(c2ccccc2)CCCC1. The monoisotopic (exact) mass is 230 g/mol. The molecule has 0 amide bonds. The minimum absolute atomic E-state index is 0.199. The van der Waals surface area contributed by atoms with Crippen molar-refractivity contribution in [2.75, 3.05) is 0 Å². The third-order valence-corrected chi connectivity index (χ3v) is 4.12. The zero-order chi connectivity index (χ0) is 12.1. The van der Waals surface area contributed by atoms with Crippen LogP contribution in [0.4, 0.5) is 0 Å². The molecule has 0 aliphatic heterocycles. The fourth-order valence-electron chi connectivity index (χ4n) is 3.23. The highest BCUT2D eigenvalue weighted by Crippen LogP contribution is 2.44. The van der Waals surface area contributed by atoms with Crippen molar-refractivity contribution in [2.45, 2.75) is 43.6 Å². The molecule has 1 aromatic rings. The maximum Gasteiger partial charge on any atom is 0.0341 e. The first kappa shape index (κ1) is 12.3. The van der Waals surface area contributed by atoms with Crippen LogP contribution in [0.2, 0.25) is 0 Å². The predicted molar refractivity (Wildman–Crippen MR) is 72.5 cm³/mol. The first-order valence-electron chi connectivity index (χ1n) is 6.46. The van der Waals surface area contributed by atoms with Gasteiger partial charge in [0.25, 0.3) is 0 Å². The van der Waals surface area contributed by atoms with Gasteiger partial charge in [0.15, 0.2) is 0 Å². The van der Waals surface area contributed by atoms with E-state index >= 15 is 0 Å². The van der Waals surface area contributed by atoms with Crippen molar-refractivity contribution in [3.63, 3.8) is 0 Å². The van der Waals surface area contributed by atoms with Gasteiger partial charge in [0.05, 0.1) is 0 Å². The van der Waals surface area contributed by atoms with Crippen LogP contribution < -0.4 is 11.3 Å². The minimum Gasteiger partial charge on any atom is -0.271 e. The second kappa shape index (κ2) is 5.48. The van der Waals surface area contributed by atoms with E-state index in [0.29, 0.717) is 6.04 Å². The molecule has 2 rings (SSSR count). The van der Waals surface area contributed by atoms with Crippen molar-refractivity contribution in [3.05, 3.63) is 48.6 Å². The highest BCUT2D eigenvalue weighted by Gasteiger charge is 2.41. The molecule has 3 N–H and O–H groups in total. The van der Waals surface area contributed by atoms with Crippen LogP contribution in [-0.2, 0) is 5.41 Å². The Balaban J connectivity index is 2.35. The minimum atomic E-state index is 0.199. The Morgan fingerprint density at radius 3 is 2.47 bits per heavy atom. The van der Waals surface area contributed by atoms with E-state index in [-0.39, 0.29) is 5.41 Å². The van der Waals surface area contributed by atoms with Crippen molar-refractivity contribution in [1.82, 2.24) is 5.43 Å². The van der Waals surface area contributed by atoms with E-state index in [1.807, 2.05) is 6.08 Å². The van der Waals surface area contributed by atoms with Gasteiger partial charge in [-0.1, -0.05) is 49.2 Å². The van der Waals surface area contributed by atoms with Gasteiger partial charge in [-0.3, -0.25) is 11.3 Å². The predicted octanol–water partition coefficient (Wildman–Crippen LogP) is 2.91. The normalized spacial score (nSPS) is 20.1. The van der Waals surface area contributed by atoms with E-state index in [0.717, 1.165) is 6.42 Å². The zero-order valence-electron chi connectivity index (χ0n) is 10.4. The van der Waals surface area contributed by atoms with E-state index in [1.165, 1.54) is 31.2 Å². The van der Waals surface area contributed by atoms with Gasteiger partial charge in [-0.25, -0.2) is 0 Å². The van der Waals surface area contributed by atoms with E-state index in [1.54, 1.807) is 0 Å². The summed E-state index contributed by atoms with van der Waals surface area (Å²) in [7, 11) is 0. The molecule has 1 unspecified atom stereocenters. The summed E-state index contributed by atoms with van der Waals surface area (Å²) in [6, 6.07) is 11.1. The highest BCUT2D eigenvalue weighted by molar-refractivity contribution is 5.29. The maximum atomic E-state index is 5.76. The largest absolute Gasteiger partial charge is 0.271 e. The van der Waals surface area contributed by atoms with Crippen LogP contribution in [0.25, 0.3) is 0 Å². The third-order valence-electron chi connectivity index (χ3n) is 4.12. The fourth-order valence-corrected chi connectivity index (χ4v) is 3.23. The first-order chi connectivity index (χ1) is 8.33. The smallest absolute Gasteiger partial charge is 0.0341 e. The van der Waals surface area contributed by atoms with Crippen LogP contribution in [0.15, 0.2) is 43.0 Å². The molecular weight excluding hydrogens is 208 g/mol. The van der Waals surface area contributed by atoms with Crippen LogP contribution >= 0.6 is 0 Å². The quantitative estimate of drug-likeness (QED) is 0.464.